The van der Waals surface area contributed by atoms with Crippen molar-refractivity contribution in [2.45, 2.75) is 59.1 Å². The molecule has 0 spiro atoms. The number of hydrogen-bond acceptors (Lipinski definition) is 6. The van der Waals surface area contributed by atoms with Crippen molar-refractivity contribution in [2.75, 3.05) is 24.6 Å². The zero-order valence-electron chi connectivity index (χ0n) is 23.0. The summed E-state index contributed by atoms with van der Waals surface area (Å²) < 4.78 is 12.8. The predicted octanol–water partition coefficient (Wildman–Crippen LogP) is 5.04. The van der Waals surface area contributed by atoms with Crippen LogP contribution in [0, 0.1) is 6.92 Å². The fourth-order valence-corrected chi connectivity index (χ4v) is 4.69. The van der Waals surface area contributed by atoms with Crippen LogP contribution >= 0.6 is 0 Å². The van der Waals surface area contributed by atoms with Crippen LogP contribution in [0.3, 0.4) is 0 Å². The van der Waals surface area contributed by atoms with Crippen LogP contribution < -0.4 is 15.0 Å². The van der Waals surface area contributed by atoms with E-state index in [9.17, 15) is 9.59 Å². The number of nitrogens with one attached hydrogen (secondary N) is 1. The highest BCUT2D eigenvalue weighted by molar-refractivity contribution is 5.93. The van der Waals surface area contributed by atoms with Crippen molar-refractivity contribution in [1.82, 2.24) is 15.1 Å². The summed E-state index contributed by atoms with van der Waals surface area (Å²) in [4.78, 5) is 27.5. The Morgan fingerprint density at radius 2 is 1.82 bits per heavy atom. The molecule has 4 rings (SSSR count). The predicted molar refractivity (Wildman–Crippen MR) is 148 cm³/mol. The van der Waals surface area contributed by atoms with E-state index in [0.29, 0.717) is 24.6 Å². The number of aryl methyl sites for hydroxylation is 2. The highest BCUT2D eigenvalue weighted by atomic mass is 16.6. The van der Waals surface area contributed by atoms with Crippen LogP contribution in [0.15, 0.2) is 48.5 Å². The van der Waals surface area contributed by atoms with Crippen molar-refractivity contribution >= 4 is 17.6 Å². The number of nitrogens with zero attached hydrogens (tertiary/aromatic N) is 3. The lowest BCUT2D eigenvalue weighted by Crippen LogP contribution is -2.39. The minimum absolute atomic E-state index is 0.236. The Bertz CT molecular complexity index is 1290. The SMILES string of the molecule is CCOC(=O)C(C)(C)Oc1ccc(CNC(=O)c2cc(-c3cccc(N4CCCCC4)c3)n(C)n2)cc1C. The molecule has 8 heteroatoms. The van der Waals surface area contributed by atoms with E-state index in [1.807, 2.05) is 38.2 Å². The number of rotatable bonds is 9. The summed E-state index contributed by atoms with van der Waals surface area (Å²) in [6.07, 6.45) is 3.74. The van der Waals surface area contributed by atoms with Crippen LogP contribution in [0.1, 0.15) is 61.6 Å². The maximum atomic E-state index is 12.9. The molecule has 2 aromatic carbocycles. The van der Waals surface area contributed by atoms with E-state index in [4.69, 9.17) is 9.47 Å². The lowest BCUT2D eigenvalue weighted by molar-refractivity contribution is -0.158. The van der Waals surface area contributed by atoms with Gasteiger partial charge in [-0.15, -0.1) is 0 Å². The molecule has 0 unspecified atom stereocenters. The lowest BCUT2D eigenvalue weighted by atomic mass is 10.1. The van der Waals surface area contributed by atoms with Crippen molar-refractivity contribution < 1.29 is 19.1 Å². The van der Waals surface area contributed by atoms with Crippen molar-refractivity contribution in [1.29, 1.82) is 0 Å². The van der Waals surface area contributed by atoms with Gasteiger partial charge in [0.05, 0.1) is 12.3 Å². The first kappa shape index (κ1) is 27.2. The van der Waals surface area contributed by atoms with Crippen LogP contribution in [0.25, 0.3) is 11.3 Å². The van der Waals surface area contributed by atoms with Crippen molar-refractivity contribution in [3.05, 3.63) is 65.4 Å². The van der Waals surface area contributed by atoms with Crippen LogP contribution in [0.4, 0.5) is 5.69 Å². The number of carbonyl (C=O) groups is 2. The van der Waals surface area contributed by atoms with E-state index < -0.39 is 11.6 Å². The van der Waals surface area contributed by atoms with Crippen molar-refractivity contribution in [2.24, 2.45) is 7.05 Å². The fraction of sp³-hybridized carbons (Fsp3) is 0.433. The van der Waals surface area contributed by atoms with Gasteiger partial charge in [0.1, 0.15) is 5.75 Å². The first-order valence-electron chi connectivity index (χ1n) is 13.3. The molecule has 0 radical (unpaired) electrons. The average Bonchev–Trinajstić information content (AvgIpc) is 3.31. The summed E-state index contributed by atoms with van der Waals surface area (Å²) >= 11 is 0. The summed E-state index contributed by atoms with van der Waals surface area (Å²) in [6, 6.07) is 15.9. The Hall–Kier alpha value is -3.81. The molecule has 1 saturated heterocycles. The molecule has 0 aliphatic carbocycles. The average molecular weight is 519 g/mol. The summed E-state index contributed by atoms with van der Waals surface area (Å²) in [7, 11) is 1.86. The van der Waals surface area contributed by atoms with Crippen molar-refractivity contribution in [3.63, 3.8) is 0 Å². The summed E-state index contributed by atoms with van der Waals surface area (Å²) in [6.45, 7) is 9.85. The maximum absolute atomic E-state index is 12.9. The molecule has 8 nitrogen and oxygen atoms in total. The highest BCUT2D eigenvalue weighted by Gasteiger charge is 2.32. The first-order valence-corrected chi connectivity index (χ1v) is 13.3. The second-order valence-electron chi connectivity index (χ2n) is 10.3. The van der Waals surface area contributed by atoms with Crippen LogP contribution in [-0.2, 0) is 23.1 Å². The van der Waals surface area contributed by atoms with Gasteiger partial charge in [0, 0.05) is 37.9 Å². The number of amides is 1. The number of hydrogen-bond donors (Lipinski definition) is 1. The summed E-state index contributed by atoms with van der Waals surface area (Å²) in [5.74, 6) is -0.0524. The van der Waals surface area contributed by atoms with Gasteiger partial charge in [-0.25, -0.2) is 4.79 Å². The second-order valence-corrected chi connectivity index (χ2v) is 10.3. The van der Waals surface area contributed by atoms with E-state index in [1.165, 1.54) is 24.9 Å². The smallest absolute Gasteiger partial charge is 0.349 e. The molecule has 2 heterocycles. The van der Waals surface area contributed by atoms with Gasteiger partial charge in [-0.3, -0.25) is 9.48 Å². The van der Waals surface area contributed by atoms with Gasteiger partial charge in [-0.05, 0) is 82.3 Å². The number of ether oxygens (including phenoxy) is 2. The molecule has 0 saturated carbocycles. The van der Waals surface area contributed by atoms with Gasteiger partial charge in [0.25, 0.3) is 5.91 Å². The third-order valence-corrected chi connectivity index (χ3v) is 6.80. The molecule has 38 heavy (non-hydrogen) atoms. The largest absolute Gasteiger partial charge is 0.476 e. The Morgan fingerprint density at radius 1 is 1.05 bits per heavy atom. The number of aromatic nitrogens is 2. The lowest BCUT2D eigenvalue weighted by Gasteiger charge is -2.29. The number of anilines is 1. The molecule has 3 aromatic rings. The van der Waals surface area contributed by atoms with Gasteiger partial charge in [-0.2, -0.15) is 5.10 Å². The third-order valence-electron chi connectivity index (χ3n) is 6.80. The fourth-order valence-electron chi connectivity index (χ4n) is 4.69. The van der Waals surface area contributed by atoms with E-state index >= 15 is 0 Å². The zero-order valence-corrected chi connectivity index (χ0v) is 23.0. The van der Waals surface area contributed by atoms with Crippen LogP contribution in [0.2, 0.25) is 0 Å². The van der Waals surface area contributed by atoms with Gasteiger partial charge < -0.3 is 19.7 Å². The topological polar surface area (TPSA) is 85.7 Å². The van der Waals surface area contributed by atoms with E-state index in [-0.39, 0.29) is 5.91 Å². The summed E-state index contributed by atoms with van der Waals surface area (Å²) in [5.41, 5.74) is 4.21. The summed E-state index contributed by atoms with van der Waals surface area (Å²) in [5, 5.41) is 7.43. The van der Waals surface area contributed by atoms with E-state index in [1.54, 1.807) is 25.5 Å². The molecule has 0 atom stereocenters. The molecular formula is C30H38N4O4. The Morgan fingerprint density at radius 3 is 2.53 bits per heavy atom. The molecule has 1 amide bonds. The van der Waals surface area contributed by atoms with Gasteiger partial charge in [-0.1, -0.05) is 24.3 Å². The minimum atomic E-state index is -1.10. The van der Waals surface area contributed by atoms with E-state index in [0.717, 1.165) is 35.5 Å². The number of carbonyl (C=O) groups excluding carboxylic acids is 2. The number of esters is 1. The number of benzene rings is 2. The highest BCUT2D eigenvalue weighted by Crippen LogP contribution is 2.28. The first-order chi connectivity index (χ1) is 18.2. The van der Waals surface area contributed by atoms with Crippen molar-refractivity contribution in [3.8, 4) is 17.0 Å². The van der Waals surface area contributed by atoms with Gasteiger partial charge in [0.15, 0.2) is 11.3 Å². The number of piperidine rings is 1. The maximum Gasteiger partial charge on any atom is 0.349 e. The third kappa shape index (κ3) is 6.36. The minimum Gasteiger partial charge on any atom is -0.476 e. The van der Waals surface area contributed by atoms with E-state index in [2.05, 4.69) is 39.6 Å². The Labute approximate surface area is 224 Å². The molecule has 1 aliphatic rings. The molecule has 1 aliphatic heterocycles. The van der Waals surface area contributed by atoms with Crippen LogP contribution in [0.5, 0.6) is 5.75 Å². The van der Waals surface area contributed by atoms with Gasteiger partial charge >= 0.3 is 5.97 Å². The monoisotopic (exact) mass is 518 g/mol. The standard InChI is InChI=1S/C30H38N4O4/c1-6-37-29(36)30(3,4)38-27-14-13-22(17-21(27)2)20-31-28(35)25-19-26(33(5)32-25)23-11-10-12-24(18-23)34-15-8-7-9-16-34/h10-14,17-19H,6-9,15-16,20H2,1-5H3,(H,31,35). The quantitative estimate of drug-likeness (QED) is 0.400. The molecule has 1 fully saturated rings. The van der Waals surface area contributed by atoms with Crippen LogP contribution in [-0.4, -0.2) is 47.0 Å². The van der Waals surface area contributed by atoms with Gasteiger partial charge in [0.2, 0.25) is 0 Å². The zero-order chi connectivity index (χ0) is 27.3. The molecule has 202 valence electrons. The molecule has 1 N–H and O–H groups in total. The Balaban J connectivity index is 1.40. The second kappa shape index (κ2) is 11.7. The Kier molecular flexibility index (Phi) is 8.39. The molecule has 1 aromatic heterocycles. The molecular weight excluding hydrogens is 480 g/mol. The normalized spacial score (nSPS) is 13.8. The molecule has 0 bridgehead atoms.